The maximum atomic E-state index is 12.7. The Balaban J connectivity index is 1.58. The van der Waals surface area contributed by atoms with Gasteiger partial charge >= 0.3 is 0 Å². The van der Waals surface area contributed by atoms with Gasteiger partial charge in [0.25, 0.3) is 0 Å². The van der Waals surface area contributed by atoms with Crippen molar-refractivity contribution in [1.29, 1.82) is 0 Å². The zero-order valence-electron chi connectivity index (χ0n) is 13.5. The Kier molecular flexibility index (Phi) is 4.39. The molecular weight excluding hydrogens is 276 g/mol. The molecule has 1 heterocycles. The number of hydrogen-bond donors (Lipinski definition) is 1. The maximum absolute atomic E-state index is 12.7. The van der Waals surface area contributed by atoms with Crippen molar-refractivity contribution in [2.24, 2.45) is 23.5 Å². The van der Waals surface area contributed by atoms with Crippen LogP contribution in [0.15, 0.2) is 24.3 Å². The van der Waals surface area contributed by atoms with Crippen LogP contribution in [0.1, 0.15) is 25.3 Å². The largest absolute Gasteiger partial charge is 0.497 e. The van der Waals surface area contributed by atoms with E-state index in [0.717, 1.165) is 31.7 Å². The lowest BCUT2D eigenvalue weighted by Gasteiger charge is -2.22. The SMILES string of the molecule is COc1ccc(CC(C)C(=O)N2CC3CCC(N)C3C2)cc1. The second-order valence-corrected chi connectivity index (χ2v) is 6.86. The highest BCUT2D eigenvalue weighted by Crippen LogP contribution is 2.37. The van der Waals surface area contributed by atoms with Crippen LogP contribution in [0.3, 0.4) is 0 Å². The van der Waals surface area contributed by atoms with Gasteiger partial charge in [0.15, 0.2) is 0 Å². The number of benzene rings is 1. The number of carbonyl (C=O) groups is 1. The number of carbonyl (C=O) groups excluding carboxylic acids is 1. The topological polar surface area (TPSA) is 55.6 Å². The number of nitrogens with zero attached hydrogens (tertiary/aromatic N) is 1. The normalized spacial score (nSPS) is 28.5. The fourth-order valence-electron chi connectivity index (χ4n) is 4.00. The number of ether oxygens (including phenoxy) is 1. The third kappa shape index (κ3) is 2.98. The molecule has 22 heavy (non-hydrogen) atoms. The number of likely N-dealkylation sites (tertiary alicyclic amines) is 1. The summed E-state index contributed by atoms with van der Waals surface area (Å²) in [5.41, 5.74) is 7.34. The molecule has 1 saturated heterocycles. The van der Waals surface area contributed by atoms with Gasteiger partial charge in [0.2, 0.25) is 5.91 Å². The van der Waals surface area contributed by atoms with Crippen LogP contribution in [0.5, 0.6) is 5.75 Å². The number of hydrogen-bond acceptors (Lipinski definition) is 3. The molecule has 120 valence electrons. The second kappa shape index (κ2) is 6.29. The summed E-state index contributed by atoms with van der Waals surface area (Å²) in [6.45, 7) is 3.79. The number of rotatable bonds is 4. The molecule has 4 heteroatoms. The Morgan fingerprint density at radius 2 is 2.05 bits per heavy atom. The summed E-state index contributed by atoms with van der Waals surface area (Å²) in [5, 5.41) is 0. The van der Waals surface area contributed by atoms with E-state index in [2.05, 4.69) is 0 Å². The maximum Gasteiger partial charge on any atom is 0.225 e. The molecular formula is C18H26N2O2. The van der Waals surface area contributed by atoms with E-state index in [-0.39, 0.29) is 11.8 Å². The van der Waals surface area contributed by atoms with Gasteiger partial charge in [-0.1, -0.05) is 19.1 Å². The smallest absolute Gasteiger partial charge is 0.225 e. The number of nitrogens with two attached hydrogens (primary N) is 1. The van der Waals surface area contributed by atoms with E-state index in [1.54, 1.807) is 7.11 Å². The first kappa shape index (κ1) is 15.3. The first-order valence-corrected chi connectivity index (χ1v) is 8.25. The Morgan fingerprint density at radius 1 is 1.32 bits per heavy atom. The van der Waals surface area contributed by atoms with Gasteiger partial charge in [-0.15, -0.1) is 0 Å². The zero-order valence-corrected chi connectivity index (χ0v) is 13.5. The molecule has 2 aliphatic rings. The van der Waals surface area contributed by atoms with Crippen molar-refractivity contribution in [3.63, 3.8) is 0 Å². The highest BCUT2D eigenvalue weighted by atomic mass is 16.5. The van der Waals surface area contributed by atoms with Crippen molar-refractivity contribution in [3.05, 3.63) is 29.8 Å². The molecule has 0 spiro atoms. The van der Waals surface area contributed by atoms with E-state index in [4.69, 9.17) is 10.5 Å². The van der Waals surface area contributed by atoms with Crippen molar-refractivity contribution in [2.45, 2.75) is 32.2 Å². The van der Waals surface area contributed by atoms with Gasteiger partial charge in [0, 0.05) is 25.0 Å². The third-order valence-electron chi connectivity index (χ3n) is 5.35. The molecule has 2 fully saturated rings. The van der Waals surface area contributed by atoms with E-state index >= 15 is 0 Å². The van der Waals surface area contributed by atoms with Crippen LogP contribution < -0.4 is 10.5 Å². The lowest BCUT2D eigenvalue weighted by atomic mass is 9.98. The van der Waals surface area contributed by atoms with Crippen molar-refractivity contribution in [2.75, 3.05) is 20.2 Å². The summed E-state index contributed by atoms with van der Waals surface area (Å²) >= 11 is 0. The molecule has 1 amide bonds. The summed E-state index contributed by atoms with van der Waals surface area (Å²) in [6.07, 6.45) is 3.09. The average Bonchev–Trinajstić information content (AvgIpc) is 3.10. The summed E-state index contributed by atoms with van der Waals surface area (Å²) in [7, 11) is 1.66. The molecule has 1 aromatic carbocycles. The Bertz CT molecular complexity index is 528. The van der Waals surface area contributed by atoms with Gasteiger partial charge in [-0.3, -0.25) is 4.79 Å². The summed E-state index contributed by atoms with van der Waals surface area (Å²) in [6, 6.07) is 8.27. The van der Waals surface area contributed by atoms with E-state index in [1.807, 2.05) is 36.1 Å². The second-order valence-electron chi connectivity index (χ2n) is 6.86. The number of methoxy groups -OCH3 is 1. The lowest BCUT2D eigenvalue weighted by molar-refractivity contribution is -0.134. The summed E-state index contributed by atoms with van der Waals surface area (Å²) in [5.74, 6) is 2.30. The third-order valence-corrected chi connectivity index (χ3v) is 5.35. The van der Waals surface area contributed by atoms with Gasteiger partial charge in [-0.2, -0.15) is 0 Å². The van der Waals surface area contributed by atoms with Crippen LogP contribution in [0.4, 0.5) is 0 Å². The highest BCUT2D eigenvalue weighted by molar-refractivity contribution is 5.79. The van der Waals surface area contributed by atoms with Gasteiger partial charge < -0.3 is 15.4 Å². The van der Waals surface area contributed by atoms with Crippen LogP contribution in [-0.2, 0) is 11.2 Å². The standard InChI is InChI=1S/C18H26N2O2/c1-12(9-13-3-6-15(22-2)7-4-13)18(21)20-10-14-5-8-17(19)16(14)11-20/h3-4,6-7,12,14,16-17H,5,8-11,19H2,1-2H3. The molecule has 0 radical (unpaired) electrons. The van der Waals surface area contributed by atoms with E-state index in [0.29, 0.717) is 17.9 Å². The van der Waals surface area contributed by atoms with Crippen LogP contribution in [0.2, 0.25) is 0 Å². The van der Waals surface area contributed by atoms with Gasteiger partial charge in [0.05, 0.1) is 7.11 Å². The molecule has 2 N–H and O–H groups in total. The minimum absolute atomic E-state index is 0.0171. The minimum atomic E-state index is 0.0171. The molecule has 4 nitrogen and oxygen atoms in total. The summed E-state index contributed by atoms with van der Waals surface area (Å²) in [4.78, 5) is 14.7. The fourth-order valence-corrected chi connectivity index (χ4v) is 4.00. The van der Waals surface area contributed by atoms with Crippen molar-refractivity contribution >= 4 is 5.91 Å². The molecule has 0 aromatic heterocycles. The highest BCUT2D eigenvalue weighted by Gasteiger charge is 2.42. The Labute approximate surface area is 132 Å². The number of amides is 1. The summed E-state index contributed by atoms with van der Waals surface area (Å²) < 4.78 is 5.17. The first-order valence-electron chi connectivity index (χ1n) is 8.25. The van der Waals surface area contributed by atoms with Crippen LogP contribution in [-0.4, -0.2) is 37.0 Å². The fraction of sp³-hybridized carbons (Fsp3) is 0.611. The first-order chi connectivity index (χ1) is 10.6. The average molecular weight is 302 g/mol. The number of fused-ring (bicyclic) bond motifs is 1. The van der Waals surface area contributed by atoms with Gasteiger partial charge in [-0.25, -0.2) is 0 Å². The van der Waals surface area contributed by atoms with Gasteiger partial charge in [-0.05, 0) is 48.8 Å². The quantitative estimate of drug-likeness (QED) is 0.926. The van der Waals surface area contributed by atoms with Gasteiger partial charge in [0.1, 0.15) is 5.75 Å². The van der Waals surface area contributed by atoms with E-state index < -0.39 is 0 Å². The monoisotopic (exact) mass is 302 g/mol. The molecule has 1 aromatic rings. The van der Waals surface area contributed by atoms with Crippen molar-refractivity contribution in [1.82, 2.24) is 4.90 Å². The Hall–Kier alpha value is -1.55. The molecule has 1 aliphatic carbocycles. The molecule has 4 unspecified atom stereocenters. The minimum Gasteiger partial charge on any atom is -0.497 e. The van der Waals surface area contributed by atoms with Crippen molar-refractivity contribution in [3.8, 4) is 5.75 Å². The molecule has 1 saturated carbocycles. The lowest BCUT2D eigenvalue weighted by Crippen LogP contribution is -2.36. The Morgan fingerprint density at radius 3 is 2.68 bits per heavy atom. The molecule has 4 atom stereocenters. The predicted molar refractivity (Wildman–Crippen MR) is 86.6 cm³/mol. The van der Waals surface area contributed by atoms with E-state index in [1.165, 1.54) is 12.0 Å². The van der Waals surface area contributed by atoms with Crippen LogP contribution in [0, 0.1) is 17.8 Å². The van der Waals surface area contributed by atoms with E-state index in [9.17, 15) is 4.79 Å². The van der Waals surface area contributed by atoms with Crippen LogP contribution in [0.25, 0.3) is 0 Å². The zero-order chi connectivity index (χ0) is 15.7. The molecule has 3 rings (SSSR count). The van der Waals surface area contributed by atoms with Crippen molar-refractivity contribution < 1.29 is 9.53 Å². The predicted octanol–water partition coefficient (Wildman–Crippen LogP) is 2.07. The molecule has 1 aliphatic heterocycles. The van der Waals surface area contributed by atoms with Crippen LogP contribution >= 0.6 is 0 Å². The molecule has 0 bridgehead atoms.